The van der Waals surface area contributed by atoms with E-state index in [2.05, 4.69) is 0 Å². The molecule has 0 aromatic heterocycles. The first-order valence-corrected chi connectivity index (χ1v) is 6.80. The molecule has 8 nitrogen and oxygen atoms in total. The number of rotatable bonds is 4. The quantitative estimate of drug-likeness (QED) is 0.525. The monoisotopic (exact) mass is 313 g/mol. The average Bonchev–Trinajstić information content (AvgIpc) is 2.51. The number of hydrogen-bond acceptors (Lipinski definition) is 7. The molecule has 0 radical (unpaired) electrons. The number of aliphatic hydroxyl groups is 3. The highest BCUT2D eigenvalue weighted by atomic mass is 16.6. The summed E-state index contributed by atoms with van der Waals surface area (Å²) < 4.78 is 10.3. The Balaban J connectivity index is 2.42. The van der Waals surface area contributed by atoms with E-state index in [-0.39, 0.29) is 6.42 Å². The summed E-state index contributed by atoms with van der Waals surface area (Å²) in [6.07, 6.45) is -4.44. The van der Waals surface area contributed by atoms with Crippen LogP contribution >= 0.6 is 0 Å². The summed E-state index contributed by atoms with van der Waals surface area (Å²) in [6.45, 7) is 0. The molecule has 1 aliphatic rings. The number of methoxy groups -OCH3 is 2. The van der Waals surface area contributed by atoms with Crippen molar-refractivity contribution in [3.05, 3.63) is 33.9 Å². The normalized spacial score (nSPS) is 31.6. The molecule has 122 valence electrons. The number of hydrogen-bond donors (Lipinski definition) is 3. The maximum atomic E-state index is 11.3. The molecule has 1 fully saturated rings. The summed E-state index contributed by atoms with van der Waals surface area (Å²) in [7, 11) is 2.92. The van der Waals surface area contributed by atoms with Gasteiger partial charge in [-0.05, 0) is 24.1 Å². The third-order valence-electron chi connectivity index (χ3n) is 4.08. The standard InChI is InChI=1S/C14H19NO7/c1-21-10-4-3-7(5-11(10)22-2)8-6-9(16)13(17)14(18)12(8)15(19)20/h3-5,8-9,12-14,16-18H,6H2,1-2H3/t8-,9+,12-,13-,14+/m1/s1. The highest BCUT2D eigenvalue weighted by molar-refractivity contribution is 5.44. The largest absolute Gasteiger partial charge is 0.493 e. The lowest BCUT2D eigenvalue weighted by Gasteiger charge is -2.36. The Morgan fingerprint density at radius 1 is 1.14 bits per heavy atom. The Bertz CT molecular complexity index is 550. The summed E-state index contributed by atoms with van der Waals surface area (Å²) in [5.74, 6) is 0.126. The summed E-state index contributed by atoms with van der Waals surface area (Å²) in [5.41, 5.74) is 0.532. The van der Waals surface area contributed by atoms with Gasteiger partial charge in [0.25, 0.3) is 0 Å². The minimum Gasteiger partial charge on any atom is -0.493 e. The lowest BCUT2D eigenvalue weighted by atomic mass is 9.76. The third-order valence-corrected chi connectivity index (χ3v) is 4.08. The number of benzene rings is 1. The maximum Gasteiger partial charge on any atom is 0.248 e. The van der Waals surface area contributed by atoms with Crippen molar-refractivity contribution in [1.82, 2.24) is 0 Å². The summed E-state index contributed by atoms with van der Waals surface area (Å²) in [4.78, 5) is 10.7. The third kappa shape index (κ3) is 2.85. The van der Waals surface area contributed by atoms with Crippen molar-refractivity contribution in [2.75, 3.05) is 14.2 Å². The fraction of sp³-hybridized carbons (Fsp3) is 0.571. The summed E-state index contributed by atoms with van der Waals surface area (Å²) in [5, 5.41) is 40.7. The lowest BCUT2D eigenvalue weighted by molar-refractivity contribution is -0.546. The van der Waals surface area contributed by atoms with Gasteiger partial charge in [-0.15, -0.1) is 0 Å². The molecule has 0 aliphatic heterocycles. The average molecular weight is 313 g/mol. The van der Waals surface area contributed by atoms with E-state index < -0.39 is 35.2 Å². The number of ether oxygens (including phenoxy) is 2. The molecule has 2 rings (SSSR count). The summed E-state index contributed by atoms with van der Waals surface area (Å²) >= 11 is 0. The Kier molecular flexibility index (Phi) is 4.84. The van der Waals surface area contributed by atoms with Crippen LogP contribution in [-0.2, 0) is 0 Å². The minimum absolute atomic E-state index is 0.0284. The van der Waals surface area contributed by atoms with Crippen molar-refractivity contribution in [3.8, 4) is 11.5 Å². The fourth-order valence-electron chi connectivity index (χ4n) is 2.90. The van der Waals surface area contributed by atoms with Gasteiger partial charge in [0.15, 0.2) is 11.5 Å². The molecule has 1 aromatic rings. The van der Waals surface area contributed by atoms with Crippen LogP contribution in [-0.4, -0.2) is 58.8 Å². The molecule has 1 aliphatic carbocycles. The van der Waals surface area contributed by atoms with E-state index in [1.165, 1.54) is 14.2 Å². The van der Waals surface area contributed by atoms with E-state index in [9.17, 15) is 25.4 Å². The molecule has 0 unspecified atom stereocenters. The molecule has 5 atom stereocenters. The van der Waals surface area contributed by atoms with E-state index in [4.69, 9.17) is 9.47 Å². The van der Waals surface area contributed by atoms with Gasteiger partial charge in [-0.3, -0.25) is 10.1 Å². The van der Waals surface area contributed by atoms with Gasteiger partial charge in [0.05, 0.1) is 26.2 Å². The van der Waals surface area contributed by atoms with Crippen LogP contribution < -0.4 is 9.47 Å². The van der Waals surface area contributed by atoms with Crippen molar-refractivity contribution in [1.29, 1.82) is 0 Å². The van der Waals surface area contributed by atoms with Crippen molar-refractivity contribution >= 4 is 0 Å². The van der Waals surface area contributed by atoms with E-state index in [1.807, 2.05) is 0 Å². The zero-order valence-corrected chi connectivity index (χ0v) is 12.2. The molecular weight excluding hydrogens is 294 g/mol. The van der Waals surface area contributed by atoms with Gasteiger partial charge in [-0.25, -0.2) is 0 Å². The van der Waals surface area contributed by atoms with Crippen molar-refractivity contribution in [2.45, 2.75) is 36.7 Å². The molecule has 22 heavy (non-hydrogen) atoms. The Hall–Kier alpha value is -1.90. The highest BCUT2D eigenvalue weighted by Crippen LogP contribution is 2.38. The van der Waals surface area contributed by atoms with Crippen LogP contribution in [0.25, 0.3) is 0 Å². The highest BCUT2D eigenvalue weighted by Gasteiger charge is 2.50. The van der Waals surface area contributed by atoms with E-state index in [0.29, 0.717) is 17.1 Å². The molecule has 3 N–H and O–H groups in total. The molecule has 0 heterocycles. The zero-order valence-electron chi connectivity index (χ0n) is 12.2. The second kappa shape index (κ2) is 6.47. The second-order valence-corrected chi connectivity index (χ2v) is 5.28. The molecule has 0 amide bonds. The van der Waals surface area contributed by atoms with Gasteiger partial charge in [-0.2, -0.15) is 0 Å². The van der Waals surface area contributed by atoms with Crippen molar-refractivity contribution in [2.24, 2.45) is 0 Å². The molecule has 0 saturated heterocycles. The van der Waals surface area contributed by atoms with Crippen LogP contribution in [0, 0.1) is 10.1 Å². The van der Waals surface area contributed by atoms with Gasteiger partial charge in [-0.1, -0.05) is 6.07 Å². The van der Waals surface area contributed by atoms with E-state index >= 15 is 0 Å². The predicted molar refractivity (Wildman–Crippen MR) is 75.7 cm³/mol. The zero-order chi connectivity index (χ0) is 16.4. The van der Waals surface area contributed by atoms with Crippen LogP contribution in [0.15, 0.2) is 18.2 Å². The van der Waals surface area contributed by atoms with E-state index in [1.54, 1.807) is 18.2 Å². The van der Waals surface area contributed by atoms with Crippen molar-refractivity contribution < 1.29 is 29.7 Å². The van der Waals surface area contributed by atoms with Crippen LogP contribution in [0.5, 0.6) is 11.5 Å². The topological polar surface area (TPSA) is 122 Å². The van der Waals surface area contributed by atoms with Crippen molar-refractivity contribution in [3.63, 3.8) is 0 Å². The molecule has 1 saturated carbocycles. The number of aliphatic hydroxyl groups excluding tert-OH is 3. The van der Waals surface area contributed by atoms with Gasteiger partial charge in [0, 0.05) is 4.92 Å². The first-order valence-electron chi connectivity index (χ1n) is 6.80. The second-order valence-electron chi connectivity index (χ2n) is 5.28. The molecule has 8 heteroatoms. The van der Waals surface area contributed by atoms with Crippen LogP contribution in [0.1, 0.15) is 17.9 Å². The Morgan fingerprint density at radius 2 is 1.77 bits per heavy atom. The smallest absolute Gasteiger partial charge is 0.248 e. The van der Waals surface area contributed by atoms with Crippen LogP contribution in [0.4, 0.5) is 0 Å². The predicted octanol–water partition coefficient (Wildman–Crippen LogP) is -0.0809. The van der Waals surface area contributed by atoms with Gasteiger partial charge >= 0.3 is 0 Å². The fourth-order valence-corrected chi connectivity index (χ4v) is 2.90. The SMILES string of the molecule is COc1ccc([C@H]2C[C@H](O)[C@@H](O)[C@@H](O)[C@@H]2[N+](=O)[O-])cc1OC. The molecule has 0 spiro atoms. The number of nitrogens with zero attached hydrogens (tertiary/aromatic N) is 1. The summed E-state index contributed by atoms with van der Waals surface area (Å²) in [6, 6.07) is 3.41. The molecular formula is C14H19NO7. The minimum atomic E-state index is -1.64. The molecule has 0 bridgehead atoms. The first kappa shape index (κ1) is 16.5. The lowest BCUT2D eigenvalue weighted by Crippen LogP contribution is -2.55. The molecule has 1 aromatic carbocycles. The van der Waals surface area contributed by atoms with Gasteiger partial charge in [0.2, 0.25) is 6.04 Å². The Labute approximate surface area is 127 Å². The van der Waals surface area contributed by atoms with Gasteiger partial charge in [0.1, 0.15) is 12.2 Å². The first-order chi connectivity index (χ1) is 10.4. The number of nitro groups is 1. The van der Waals surface area contributed by atoms with E-state index in [0.717, 1.165) is 0 Å². The maximum absolute atomic E-state index is 11.3. The van der Waals surface area contributed by atoms with Crippen LogP contribution in [0.2, 0.25) is 0 Å². The van der Waals surface area contributed by atoms with Crippen LogP contribution in [0.3, 0.4) is 0 Å². The van der Waals surface area contributed by atoms with Gasteiger partial charge < -0.3 is 24.8 Å². The Morgan fingerprint density at radius 3 is 2.32 bits per heavy atom.